The number of ether oxygens (including phenoxy) is 1. The number of carbonyl (C=O) groups excluding carboxylic acids is 1. The second-order valence-corrected chi connectivity index (χ2v) is 3.41. The molecule has 14 heavy (non-hydrogen) atoms. The van der Waals surface area contributed by atoms with Gasteiger partial charge in [0.1, 0.15) is 0 Å². The summed E-state index contributed by atoms with van der Waals surface area (Å²) in [7, 11) is 1.36. The molecule has 1 aromatic carbocycles. The highest BCUT2D eigenvalue weighted by Crippen LogP contribution is 2.25. The van der Waals surface area contributed by atoms with Crippen molar-refractivity contribution in [1.29, 1.82) is 0 Å². The third kappa shape index (κ3) is 2.17. The van der Waals surface area contributed by atoms with Gasteiger partial charge in [0.05, 0.1) is 24.2 Å². The highest BCUT2D eigenvalue weighted by Gasteiger charge is 2.09. The molecule has 0 atom stereocenters. The summed E-state index contributed by atoms with van der Waals surface area (Å²) in [5, 5.41) is 0.510. The quantitative estimate of drug-likeness (QED) is 0.604. The molecule has 0 aliphatic rings. The molecular weight excluding hydrogens is 202 g/mol. The molecule has 0 bridgehead atoms. The third-order valence-corrected chi connectivity index (χ3v) is 2.47. The Morgan fingerprint density at radius 2 is 2.21 bits per heavy atom. The standard InChI is InChI=1S/C10H12ClNO2/c1-6-7(5-9(13)14-2)3-4-8(11)10(6)12/h3-4H,5,12H2,1-2H3. The number of carbonyl (C=O) groups is 1. The molecule has 0 aliphatic carbocycles. The summed E-state index contributed by atoms with van der Waals surface area (Å²) in [4.78, 5) is 11.0. The SMILES string of the molecule is COC(=O)Cc1ccc(Cl)c(N)c1C. The molecule has 0 fully saturated rings. The van der Waals surface area contributed by atoms with Gasteiger partial charge in [-0.3, -0.25) is 4.79 Å². The van der Waals surface area contributed by atoms with Crippen molar-refractivity contribution in [3.8, 4) is 0 Å². The minimum atomic E-state index is -0.283. The molecule has 76 valence electrons. The number of rotatable bonds is 2. The van der Waals surface area contributed by atoms with Crippen molar-refractivity contribution < 1.29 is 9.53 Å². The van der Waals surface area contributed by atoms with Gasteiger partial charge in [-0.05, 0) is 24.1 Å². The third-order valence-electron chi connectivity index (χ3n) is 2.14. The van der Waals surface area contributed by atoms with Gasteiger partial charge in [-0.1, -0.05) is 17.7 Å². The van der Waals surface area contributed by atoms with Crippen molar-refractivity contribution in [2.45, 2.75) is 13.3 Å². The fraction of sp³-hybridized carbons (Fsp3) is 0.300. The van der Waals surface area contributed by atoms with Gasteiger partial charge in [0.15, 0.2) is 0 Å². The fourth-order valence-electron chi connectivity index (χ4n) is 1.16. The van der Waals surface area contributed by atoms with Gasteiger partial charge < -0.3 is 10.5 Å². The van der Waals surface area contributed by atoms with E-state index in [4.69, 9.17) is 17.3 Å². The molecule has 4 heteroatoms. The summed E-state index contributed by atoms with van der Waals surface area (Å²) in [6, 6.07) is 3.47. The summed E-state index contributed by atoms with van der Waals surface area (Å²) < 4.78 is 4.57. The molecule has 3 nitrogen and oxygen atoms in total. The highest BCUT2D eigenvalue weighted by molar-refractivity contribution is 6.33. The van der Waals surface area contributed by atoms with Crippen LogP contribution in [0.4, 0.5) is 5.69 Å². The van der Waals surface area contributed by atoms with Gasteiger partial charge in [0.2, 0.25) is 0 Å². The van der Waals surface area contributed by atoms with Crippen LogP contribution in [0.25, 0.3) is 0 Å². The Morgan fingerprint density at radius 1 is 1.57 bits per heavy atom. The number of esters is 1. The molecule has 0 spiro atoms. The summed E-state index contributed by atoms with van der Waals surface area (Å²) in [5.74, 6) is -0.283. The summed E-state index contributed by atoms with van der Waals surface area (Å²) >= 11 is 5.82. The van der Waals surface area contributed by atoms with Crippen molar-refractivity contribution in [3.05, 3.63) is 28.3 Å². The van der Waals surface area contributed by atoms with Crippen molar-refractivity contribution in [1.82, 2.24) is 0 Å². The predicted octanol–water partition coefficient (Wildman–Crippen LogP) is 1.95. The topological polar surface area (TPSA) is 52.3 Å². The van der Waals surface area contributed by atoms with Crippen molar-refractivity contribution in [2.24, 2.45) is 0 Å². The zero-order chi connectivity index (χ0) is 10.7. The van der Waals surface area contributed by atoms with E-state index >= 15 is 0 Å². The molecule has 1 aromatic rings. The largest absolute Gasteiger partial charge is 0.469 e. The maximum absolute atomic E-state index is 11.0. The second-order valence-electron chi connectivity index (χ2n) is 3.00. The molecule has 0 saturated carbocycles. The molecule has 0 unspecified atom stereocenters. The van der Waals surface area contributed by atoms with Crippen molar-refractivity contribution in [2.75, 3.05) is 12.8 Å². The summed E-state index contributed by atoms with van der Waals surface area (Å²) in [5.41, 5.74) is 7.92. The first-order valence-corrected chi connectivity index (χ1v) is 4.54. The molecule has 0 amide bonds. The Bertz CT molecular complexity index is 363. The number of halogens is 1. The Kier molecular flexibility index (Phi) is 3.36. The molecule has 2 N–H and O–H groups in total. The molecule has 1 rings (SSSR count). The van der Waals surface area contributed by atoms with E-state index in [0.717, 1.165) is 11.1 Å². The monoisotopic (exact) mass is 213 g/mol. The number of nitrogens with two attached hydrogens (primary N) is 1. The number of methoxy groups -OCH3 is 1. The molecule has 0 aliphatic heterocycles. The second kappa shape index (κ2) is 4.33. The molecular formula is C10H12ClNO2. The normalized spacial score (nSPS) is 9.93. The van der Waals surface area contributed by atoms with Gasteiger partial charge in [-0.25, -0.2) is 0 Å². The van der Waals surface area contributed by atoms with Crippen LogP contribution in [0.1, 0.15) is 11.1 Å². The van der Waals surface area contributed by atoms with Gasteiger partial charge in [-0.15, -0.1) is 0 Å². The fourth-order valence-corrected chi connectivity index (χ4v) is 1.36. The number of benzene rings is 1. The Labute approximate surface area is 87.8 Å². The zero-order valence-corrected chi connectivity index (χ0v) is 8.89. The summed E-state index contributed by atoms with van der Waals surface area (Å²) in [6.07, 6.45) is 0.226. The van der Waals surface area contributed by atoms with Crippen LogP contribution in [0.5, 0.6) is 0 Å². The highest BCUT2D eigenvalue weighted by atomic mass is 35.5. The van der Waals surface area contributed by atoms with E-state index in [1.807, 2.05) is 6.92 Å². The van der Waals surface area contributed by atoms with E-state index in [9.17, 15) is 4.79 Å². The van der Waals surface area contributed by atoms with Crippen LogP contribution < -0.4 is 5.73 Å². The van der Waals surface area contributed by atoms with E-state index < -0.39 is 0 Å². The Morgan fingerprint density at radius 3 is 2.79 bits per heavy atom. The summed E-state index contributed by atoms with van der Waals surface area (Å²) in [6.45, 7) is 1.83. The van der Waals surface area contributed by atoms with Crippen molar-refractivity contribution >= 4 is 23.3 Å². The van der Waals surface area contributed by atoms with Gasteiger partial charge in [-0.2, -0.15) is 0 Å². The van der Waals surface area contributed by atoms with Crippen LogP contribution in [0.3, 0.4) is 0 Å². The van der Waals surface area contributed by atoms with E-state index in [0.29, 0.717) is 10.7 Å². The maximum atomic E-state index is 11.0. The number of nitrogen functional groups attached to an aromatic ring is 1. The smallest absolute Gasteiger partial charge is 0.309 e. The van der Waals surface area contributed by atoms with Gasteiger partial charge in [0.25, 0.3) is 0 Å². The van der Waals surface area contributed by atoms with Crippen molar-refractivity contribution in [3.63, 3.8) is 0 Å². The lowest BCUT2D eigenvalue weighted by Gasteiger charge is -2.08. The maximum Gasteiger partial charge on any atom is 0.309 e. The molecule has 0 radical (unpaired) electrons. The molecule has 0 heterocycles. The molecule has 0 aromatic heterocycles. The van der Waals surface area contributed by atoms with Crippen LogP contribution in [0.2, 0.25) is 5.02 Å². The average Bonchev–Trinajstić information content (AvgIpc) is 2.19. The minimum Gasteiger partial charge on any atom is -0.469 e. The predicted molar refractivity (Wildman–Crippen MR) is 56.3 cm³/mol. The number of hydrogen-bond donors (Lipinski definition) is 1. The molecule has 0 saturated heterocycles. The first kappa shape index (κ1) is 10.9. The van der Waals surface area contributed by atoms with E-state index in [2.05, 4.69) is 4.74 Å². The first-order valence-electron chi connectivity index (χ1n) is 4.16. The van der Waals surface area contributed by atoms with Gasteiger partial charge in [0, 0.05) is 0 Å². The van der Waals surface area contributed by atoms with Gasteiger partial charge >= 0.3 is 5.97 Å². The van der Waals surface area contributed by atoms with E-state index in [1.54, 1.807) is 12.1 Å². The zero-order valence-electron chi connectivity index (χ0n) is 8.13. The van der Waals surface area contributed by atoms with Crippen LogP contribution in [0.15, 0.2) is 12.1 Å². The average molecular weight is 214 g/mol. The van der Waals surface area contributed by atoms with Crippen LogP contribution in [0, 0.1) is 6.92 Å². The number of anilines is 1. The first-order chi connectivity index (χ1) is 6.56. The number of hydrogen-bond acceptors (Lipinski definition) is 3. The minimum absolute atomic E-state index is 0.226. The Balaban J connectivity index is 3.00. The van der Waals surface area contributed by atoms with E-state index in [-0.39, 0.29) is 12.4 Å². The lowest BCUT2D eigenvalue weighted by Crippen LogP contribution is -2.07. The lowest BCUT2D eigenvalue weighted by molar-refractivity contribution is -0.139. The van der Waals surface area contributed by atoms with Crippen LogP contribution in [-0.4, -0.2) is 13.1 Å². The van der Waals surface area contributed by atoms with Crippen LogP contribution >= 0.6 is 11.6 Å². The Hall–Kier alpha value is -1.22. The van der Waals surface area contributed by atoms with E-state index in [1.165, 1.54) is 7.11 Å². The van der Waals surface area contributed by atoms with Crippen LogP contribution in [-0.2, 0) is 16.0 Å². The lowest BCUT2D eigenvalue weighted by atomic mass is 10.0.